The maximum Gasteiger partial charge on any atom is 0.390 e. The highest BCUT2D eigenvalue weighted by Crippen LogP contribution is 2.35. The van der Waals surface area contributed by atoms with E-state index in [9.17, 15) is 18.0 Å². The fourth-order valence-electron chi connectivity index (χ4n) is 3.41. The molecule has 30 heavy (non-hydrogen) atoms. The van der Waals surface area contributed by atoms with Crippen LogP contribution < -0.4 is 5.73 Å². The molecule has 2 heterocycles. The number of hydrazone groups is 1. The van der Waals surface area contributed by atoms with Crippen LogP contribution in [0.4, 0.5) is 13.2 Å². The van der Waals surface area contributed by atoms with E-state index in [4.69, 9.17) is 17.3 Å². The molecule has 1 unspecified atom stereocenters. The van der Waals surface area contributed by atoms with Gasteiger partial charge in [-0.05, 0) is 37.0 Å². The third-order valence-corrected chi connectivity index (χ3v) is 5.09. The largest absolute Gasteiger partial charge is 0.390 e. The molecular weight excluding hydrogens is 417 g/mol. The van der Waals surface area contributed by atoms with Crippen molar-refractivity contribution in [2.75, 3.05) is 6.54 Å². The van der Waals surface area contributed by atoms with E-state index >= 15 is 0 Å². The van der Waals surface area contributed by atoms with Crippen LogP contribution in [-0.4, -0.2) is 34.5 Å². The number of primary amides is 1. The number of rotatable bonds is 4. The van der Waals surface area contributed by atoms with Gasteiger partial charge in [-0.15, -0.1) is 0 Å². The molecule has 2 N–H and O–H groups in total. The van der Waals surface area contributed by atoms with Crippen molar-refractivity contribution in [3.8, 4) is 0 Å². The highest BCUT2D eigenvalue weighted by Gasteiger charge is 2.30. The topological polar surface area (TPSA) is 71.1 Å². The summed E-state index contributed by atoms with van der Waals surface area (Å²) >= 11 is 6.23. The second kappa shape index (κ2) is 8.63. The molecule has 0 bridgehead atoms. The number of aliphatic imine (C=N–C) groups is 1. The summed E-state index contributed by atoms with van der Waals surface area (Å²) in [5.74, 6) is -0.361. The van der Waals surface area contributed by atoms with Crippen LogP contribution in [0.2, 0.25) is 0 Å². The second-order valence-electron chi connectivity index (χ2n) is 7.41. The summed E-state index contributed by atoms with van der Waals surface area (Å²) in [5, 5.41) is 6.30. The van der Waals surface area contributed by atoms with Crippen LogP contribution in [0.1, 0.15) is 47.7 Å². The number of carbonyl (C=O) groups is 1. The van der Waals surface area contributed by atoms with Crippen molar-refractivity contribution in [1.82, 2.24) is 5.01 Å². The average Bonchev–Trinajstić information content (AvgIpc) is 2.79. The van der Waals surface area contributed by atoms with Gasteiger partial charge >= 0.3 is 6.18 Å². The van der Waals surface area contributed by atoms with Gasteiger partial charge in [0.2, 0.25) is 5.91 Å². The normalized spacial score (nSPS) is 20.9. The fourth-order valence-corrected chi connectivity index (χ4v) is 3.62. The average molecular weight is 439 g/mol. The molecule has 0 saturated heterocycles. The minimum atomic E-state index is -4.27. The molecule has 1 atom stereocenters. The standard InChI is InChI=1S/C21H22ClF3N4O/c1-12-3-6-17-16(27-8-7-21(23,24)25)11-19(22)28-29(17)18(9-12)14-4-5-15(20(26)30)13(2)10-14/h4-6,9-10,12H,3,7-8,11H2,1-2H3,(H2,26,30). The number of alkyl halides is 3. The first-order chi connectivity index (χ1) is 14.0. The molecule has 0 radical (unpaired) electrons. The number of allylic oxidation sites excluding steroid dienone is 3. The minimum Gasteiger partial charge on any atom is -0.366 e. The predicted molar refractivity (Wildman–Crippen MR) is 112 cm³/mol. The minimum absolute atomic E-state index is 0.152. The summed E-state index contributed by atoms with van der Waals surface area (Å²) in [4.78, 5) is 15.7. The van der Waals surface area contributed by atoms with Gasteiger partial charge in [0, 0.05) is 24.1 Å². The van der Waals surface area contributed by atoms with E-state index in [1.54, 1.807) is 24.1 Å². The van der Waals surface area contributed by atoms with Gasteiger partial charge in [-0.1, -0.05) is 36.7 Å². The Kier molecular flexibility index (Phi) is 6.36. The summed E-state index contributed by atoms with van der Waals surface area (Å²) in [6.07, 6.45) is -0.451. The number of fused-ring (bicyclic) bond motifs is 1. The summed E-state index contributed by atoms with van der Waals surface area (Å²) in [6, 6.07) is 5.26. The molecule has 1 amide bonds. The van der Waals surface area contributed by atoms with Gasteiger partial charge in [-0.3, -0.25) is 9.79 Å². The predicted octanol–water partition coefficient (Wildman–Crippen LogP) is 5.01. The Morgan fingerprint density at radius 3 is 2.73 bits per heavy atom. The van der Waals surface area contributed by atoms with Crippen LogP contribution in [-0.2, 0) is 0 Å². The monoisotopic (exact) mass is 438 g/mol. The first kappa shape index (κ1) is 22.1. The third kappa shape index (κ3) is 5.11. The molecule has 3 rings (SSSR count). The van der Waals surface area contributed by atoms with Crippen LogP contribution in [0.25, 0.3) is 5.70 Å². The van der Waals surface area contributed by atoms with E-state index in [2.05, 4.69) is 10.1 Å². The fraction of sp³-hybridized carbons (Fsp3) is 0.381. The van der Waals surface area contributed by atoms with Crippen molar-refractivity contribution < 1.29 is 18.0 Å². The molecule has 0 aliphatic carbocycles. The van der Waals surface area contributed by atoms with E-state index in [0.717, 1.165) is 16.8 Å². The van der Waals surface area contributed by atoms with Crippen LogP contribution in [0.5, 0.6) is 0 Å². The van der Waals surface area contributed by atoms with E-state index in [1.807, 2.05) is 25.1 Å². The molecule has 0 fully saturated rings. The summed E-state index contributed by atoms with van der Waals surface area (Å²) in [6.45, 7) is 3.46. The Bertz CT molecular complexity index is 979. The van der Waals surface area contributed by atoms with E-state index in [-0.39, 0.29) is 24.1 Å². The van der Waals surface area contributed by atoms with Gasteiger partial charge in [-0.2, -0.15) is 18.3 Å². The van der Waals surface area contributed by atoms with Crippen molar-refractivity contribution in [1.29, 1.82) is 0 Å². The SMILES string of the molecule is Cc1cc(C2=CC(C)CC=C3C(=NCCC(F)(F)F)CC(Cl)=NN32)ccc1C(N)=O. The van der Waals surface area contributed by atoms with E-state index < -0.39 is 18.5 Å². The molecule has 9 heteroatoms. The zero-order chi connectivity index (χ0) is 22.1. The lowest BCUT2D eigenvalue weighted by Gasteiger charge is -2.29. The number of hydrogen-bond donors (Lipinski definition) is 1. The van der Waals surface area contributed by atoms with E-state index in [0.29, 0.717) is 23.4 Å². The molecule has 2 aliphatic heterocycles. The van der Waals surface area contributed by atoms with Crippen molar-refractivity contribution in [2.45, 2.75) is 39.3 Å². The van der Waals surface area contributed by atoms with Crippen molar-refractivity contribution >= 4 is 34.1 Å². The van der Waals surface area contributed by atoms with Crippen LogP contribution in [0.15, 0.2) is 46.1 Å². The number of hydrogen-bond acceptors (Lipinski definition) is 4. The van der Waals surface area contributed by atoms with Crippen molar-refractivity contribution in [3.63, 3.8) is 0 Å². The van der Waals surface area contributed by atoms with Gasteiger partial charge < -0.3 is 5.73 Å². The highest BCUT2D eigenvalue weighted by atomic mass is 35.5. The maximum absolute atomic E-state index is 12.6. The van der Waals surface area contributed by atoms with Crippen LogP contribution in [0.3, 0.4) is 0 Å². The zero-order valence-corrected chi connectivity index (χ0v) is 17.4. The Hall–Kier alpha value is -2.61. The quantitative estimate of drug-likeness (QED) is 0.717. The lowest BCUT2D eigenvalue weighted by molar-refractivity contribution is -0.132. The molecule has 5 nitrogen and oxygen atoms in total. The highest BCUT2D eigenvalue weighted by molar-refractivity contribution is 6.67. The smallest absolute Gasteiger partial charge is 0.366 e. The zero-order valence-electron chi connectivity index (χ0n) is 16.6. The molecular formula is C21H22ClF3N4O. The Balaban J connectivity index is 2.01. The van der Waals surface area contributed by atoms with Gasteiger partial charge in [0.25, 0.3) is 0 Å². The second-order valence-corrected chi connectivity index (χ2v) is 7.84. The molecule has 0 aromatic heterocycles. The summed E-state index contributed by atoms with van der Waals surface area (Å²) in [5.41, 5.74) is 9.17. The third-order valence-electron chi connectivity index (χ3n) is 4.88. The number of amides is 1. The number of benzene rings is 1. The molecule has 1 aromatic rings. The molecule has 2 aliphatic rings. The summed E-state index contributed by atoms with van der Waals surface area (Å²) in [7, 11) is 0. The van der Waals surface area contributed by atoms with Crippen LogP contribution >= 0.6 is 11.6 Å². The number of nitrogens with two attached hydrogens (primary N) is 1. The van der Waals surface area contributed by atoms with Gasteiger partial charge in [-0.25, -0.2) is 5.01 Å². The number of nitrogens with zero attached hydrogens (tertiary/aromatic N) is 3. The molecule has 1 aromatic carbocycles. The first-order valence-electron chi connectivity index (χ1n) is 9.51. The van der Waals surface area contributed by atoms with Crippen molar-refractivity contribution in [3.05, 3.63) is 52.7 Å². The van der Waals surface area contributed by atoms with Gasteiger partial charge in [0.05, 0.1) is 23.5 Å². The lowest BCUT2D eigenvalue weighted by Crippen LogP contribution is -2.29. The number of carbonyl (C=O) groups excluding carboxylic acids is 1. The lowest BCUT2D eigenvalue weighted by atomic mass is 10.00. The number of aryl methyl sites for hydroxylation is 1. The van der Waals surface area contributed by atoms with E-state index in [1.165, 1.54) is 0 Å². The maximum atomic E-state index is 12.6. The molecule has 160 valence electrons. The molecule has 0 saturated carbocycles. The summed E-state index contributed by atoms with van der Waals surface area (Å²) < 4.78 is 37.7. The Morgan fingerprint density at radius 2 is 2.10 bits per heavy atom. The van der Waals surface area contributed by atoms with Gasteiger partial charge in [0.15, 0.2) is 0 Å². The van der Waals surface area contributed by atoms with Gasteiger partial charge in [0.1, 0.15) is 5.17 Å². The first-order valence-corrected chi connectivity index (χ1v) is 9.89. The Labute approximate surface area is 177 Å². The van der Waals surface area contributed by atoms with Crippen molar-refractivity contribution in [2.24, 2.45) is 21.7 Å². The van der Waals surface area contributed by atoms with Crippen LogP contribution in [0, 0.1) is 12.8 Å². The number of halogens is 4. The Morgan fingerprint density at radius 1 is 1.37 bits per heavy atom. The molecule has 0 spiro atoms.